The molecule has 1 unspecified atom stereocenters. The summed E-state index contributed by atoms with van der Waals surface area (Å²) in [5.74, 6) is 0.964. The van der Waals surface area contributed by atoms with Gasteiger partial charge in [-0.2, -0.15) is 0 Å². The van der Waals surface area contributed by atoms with E-state index in [1.807, 2.05) is 24.3 Å². The molecule has 6 heteroatoms. The fourth-order valence-electron chi connectivity index (χ4n) is 3.23. The first-order valence-electron chi connectivity index (χ1n) is 9.45. The third kappa shape index (κ3) is 5.04. The molecular weight excluding hydrogens is 340 g/mol. The molecule has 1 aromatic heterocycles. The Morgan fingerprint density at radius 2 is 2.04 bits per heavy atom. The number of nitrogens with zero attached hydrogens (tertiary/aromatic N) is 2. The Bertz CT molecular complexity index is 808. The summed E-state index contributed by atoms with van der Waals surface area (Å²) in [6.45, 7) is 9.66. The van der Waals surface area contributed by atoms with E-state index in [2.05, 4.69) is 41.4 Å². The molecular formula is C21H28N4O2. The standard InChI is InChI=1S/C21H28N4O2/c1-14-23-18(12-19(24-14)22-13-15-8-7-11-27-15)20(26)25-17-10-6-5-9-16(17)21(2,3)4/h5-6,9-10,12,15H,7-8,11,13H2,1-4H3,(H,25,26)(H,22,23,24). The topological polar surface area (TPSA) is 76.1 Å². The largest absolute Gasteiger partial charge is 0.376 e. The molecule has 0 spiro atoms. The quantitative estimate of drug-likeness (QED) is 0.836. The minimum absolute atomic E-state index is 0.0700. The summed E-state index contributed by atoms with van der Waals surface area (Å²) in [7, 11) is 0. The van der Waals surface area contributed by atoms with Crippen molar-refractivity contribution in [2.45, 2.75) is 52.1 Å². The van der Waals surface area contributed by atoms with Gasteiger partial charge in [-0.15, -0.1) is 0 Å². The Morgan fingerprint density at radius 3 is 2.74 bits per heavy atom. The molecule has 1 saturated heterocycles. The molecule has 144 valence electrons. The van der Waals surface area contributed by atoms with Gasteiger partial charge in [-0.25, -0.2) is 9.97 Å². The predicted molar refractivity (Wildman–Crippen MR) is 107 cm³/mol. The van der Waals surface area contributed by atoms with Crippen LogP contribution in [0.1, 0.15) is 55.5 Å². The van der Waals surface area contributed by atoms with Crippen LogP contribution < -0.4 is 10.6 Å². The van der Waals surface area contributed by atoms with Gasteiger partial charge in [0.15, 0.2) is 0 Å². The molecule has 2 N–H and O–H groups in total. The van der Waals surface area contributed by atoms with Crippen molar-refractivity contribution in [3.63, 3.8) is 0 Å². The van der Waals surface area contributed by atoms with Gasteiger partial charge in [-0.3, -0.25) is 4.79 Å². The number of amides is 1. The molecule has 1 aromatic carbocycles. The van der Waals surface area contributed by atoms with E-state index in [1.165, 1.54) is 0 Å². The lowest BCUT2D eigenvalue weighted by atomic mass is 9.86. The molecule has 1 amide bonds. The number of nitrogens with one attached hydrogen (secondary N) is 2. The van der Waals surface area contributed by atoms with Crippen molar-refractivity contribution < 1.29 is 9.53 Å². The monoisotopic (exact) mass is 368 g/mol. The molecule has 1 aliphatic rings. The fraction of sp³-hybridized carbons (Fsp3) is 0.476. The normalized spacial score (nSPS) is 17.0. The number of rotatable bonds is 5. The van der Waals surface area contributed by atoms with Gasteiger partial charge in [0.05, 0.1) is 6.10 Å². The zero-order valence-electron chi connectivity index (χ0n) is 16.5. The van der Waals surface area contributed by atoms with Gasteiger partial charge >= 0.3 is 0 Å². The van der Waals surface area contributed by atoms with Crippen LogP contribution in [-0.2, 0) is 10.2 Å². The SMILES string of the molecule is Cc1nc(NCC2CCCO2)cc(C(=O)Nc2ccccc2C(C)(C)C)n1. The highest BCUT2D eigenvalue weighted by molar-refractivity contribution is 6.03. The Morgan fingerprint density at radius 1 is 1.26 bits per heavy atom. The van der Waals surface area contributed by atoms with Crippen molar-refractivity contribution >= 4 is 17.4 Å². The second-order valence-electron chi connectivity index (χ2n) is 7.95. The lowest BCUT2D eigenvalue weighted by Crippen LogP contribution is -2.21. The molecule has 2 aromatic rings. The van der Waals surface area contributed by atoms with Crippen LogP contribution in [0.4, 0.5) is 11.5 Å². The van der Waals surface area contributed by atoms with Gasteiger partial charge in [0.25, 0.3) is 5.91 Å². The van der Waals surface area contributed by atoms with E-state index in [0.29, 0.717) is 23.9 Å². The molecule has 0 aliphatic carbocycles. The highest BCUT2D eigenvalue weighted by Crippen LogP contribution is 2.29. The number of benzene rings is 1. The van der Waals surface area contributed by atoms with Gasteiger partial charge in [-0.05, 0) is 36.8 Å². The second-order valence-corrected chi connectivity index (χ2v) is 7.95. The van der Waals surface area contributed by atoms with Gasteiger partial charge in [0.2, 0.25) is 0 Å². The van der Waals surface area contributed by atoms with Crippen LogP contribution in [0.2, 0.25) is 0 Å². The van der Waals surface area contributed by atoms with Crippen molar-refractivity contribution in [1.82, 2.24) is 9.97 Å². The predicted octanol–water partition coefficient (Wildman–Crippen LogP) is 3.93. The molecule has 3 rings (SSSR count). The fourth-order valence-corrected chi connectivity index (χ4v) is 3.23. The van der Waals surface area contributed by atoms with E-state index in [9.17, 15) is 4.79 Å². The van der Waals surface area contributed by atoms with Crippen LogP contribution >= 0.6 is 0 Å². The molecule has 1 fully saturated rings. The summed E-state index contributed by atoms with van der Waals surface area (Å²) in [5.41, 5.74) is 2.17. The number of aromatic nitrogens is 2. The third-order valence-electron chi connectivity index (χ3n) is 4.59. The van der Waals surface area contributed by atoms with Crippen molar-refractivity contribution in [3.05, 3.63) is 47.4 Å². The summed E-state index contributed by atoms with van der Waals surface area (Å²) in [5, 5.41) is 6.27. The Kier molecular flexibility index (Phi) is 5.75. The highest BCUT2D eigenvalue weighted by Gasteiger charge is 2.20. The van der Waals surface area contributed by atoms with Crippen molar-refractivity contribution in [3.8, 4) is 0 Å². The van der Waals surface area contributed by atoms with E-state index in [-0.39, 0.29) is 17.4 Å². The lowest BCUT2D eigenvalue weighted by Gasteiger charge is -2.23. The molecule has 1 aliphatic heterocycles. The number of hydrogen-bond donors (Lipinski definition) is 2. The van der Waals surface area contributed by atoms with Crippen LogP contribution in [0.3, 0.4) is 0 Å². The van der Waals surface area contributed by atoms with Crippen molar-refractivity contribution in [2.24, 2.45) is 0 Å². The summed E-state index contributed by atoms with van der Waals surface area (Å²) in [6, 6.07) is 9.55. The third-order valence-corrected chi connectivity index (χ3v) is 4.59. The molecule has 27 heavy (non-hydrogen) atoms. The Hall–Kier alpha value is -2.47. The maximum Gasteiger partial charge on any atom is 0.274 e. The maximum absolute atomic E-state index is 12.8. The van der Waals surface area contributed by atoms with E-state index in [0.717, 1.165) is 30.7 Å². The first-order valence-corrected chi connectivity index (χ1v) is 9.45. The number of aryl methyl sites for hydroxylation is 1. The first kappa shape index (κ1) is 19.3. The van der Waals surface area contributed by atoms with Crippen LogP contribution in [0.25, 0.3) is 0 Å². The van der Waals surface area contributed by atoms with Crippen LogP contribution in [0.15, 0.2) is 30.3 Å². The minimum Gasteiger partial charge on any atom is -0.376 e. The average molecular weight is 368 g/mol. The zero-order valence-corrected chi connectivity index (χ0v) is 16.5. The average Bonchev–Trinajstić information content (AvgIpc) is 3.12. The van der Waals surface area contributed by atoms with Crippen LogP contribution in [0, 0.1) is 6.92 Å². The molecule has 0 bridgehead atoms. The van der Waals surface area contributed by atoms with E-state index in [4.69, 9.17) is 4.74 Å². The van der Waals surface area contributed by atoms with Crippen LogP contribution in [0.5, 0.6) is 0 Å². The first-order chi connectivity index (χ1) is 12.8. The maximum atomic E-state index is 12.8. The zero-order chi connectivity index (χ0) is 19.4. The Balaban J connectivity index is 1.75. The second kappa shape index (κ2) is 8.05. The van der Waals surface area contributed by atoms with Crippen LogP contribution in [-0.4, -0.2) is 35.1 Å². The molecule has 6 nitrogen and oxygen atoms in total. The number of carbonyl (C=O) groups is 1. The van der Waals surface area contributed by atoms with Gasteiger partial charge in [0, 0.05) is 24.9 Å². The highest BCUT2D eigenvalue weighted by atomic mass is 16.5. The Labute approximate surface area is 160 Å². The molecule has 0 saturated carbocycles. The molecule has 2 heterocycles. The summed E-state index contributed by atoms with van der Waals surface area (Å²) in [6.07, 6.45) is 2.35. The van der Waals surface area contributed by atoms with E-state index < -0.39 is 0 Å². The van der Waals surface area contributed by atoms with E-state index in [1.54, 1.807) is 13.0 Å². The van der Waals surface area contributed by atoms with Gasteiger partial charge in [-0.1, -0.05) is 39.0 Å². The lowest BCUT2D eigenvalue weighted by molar-refractivity contribution is 0.102. The molecule has 1 atom stereocenters. The van der Waals surface area contributed by atoms with Crippen molar-refractivity contribution in [2.75, 3.05) is 23.8 Å². The number of para-hydroxylation sites is 1. The molecule has 0 radical (unpaired) electrons. The number of anilines is 2. The van der Waals surface area contributed by atoms with E-state index >= 15 is 0 Å². The van der Waals surface area contributed by atoms with Gasteiger partial charge < -0.3 is 15.4 Å². The van der Waals surface area contributed by atoms with Crippen molar-refractivity contribution in [1.29, 1.82) is 0 Å². The number of carbonyl (C=O) groups excluding carboxylic acids is 1. The number of ether oxygens (including phenoxy) is 1. The smallest absolute Gasteiger partial charge is 0.274 e. The summed E-state index contributed by atoms with van der Waals surface area (Å²) < 4.78 is 5.62. The number of hydrogen-bond acceptors (Lipinski definition) is 5. The minimum atomic E-state index is -0.239. The van der Waals surface area contributed by atoms with Gasteiger partial charge in [0.1, 0.15) is 17.3 Å². The summed E-state index contributed by atoms with van der Waals surface area (Å²) in [4.78, 5) is 21.5. The summed E-state index contributed by atoms with van der Waals surface area (Å²) >= 11 is 0.